The van der Waals surface area contributed by atoms with Crippen molar-refractivity contribution in [2.75, 3.05) is 0 Å². The molecule has 26 heavy (non-hydrogen) atoms. The normalized spacial score (nSPS) is 10.8. The summed E-state index contributed by atoms with van der Waals surface area (Å²) in [7, 11) is 2.05. The lowest BCUT2D eigenvalue weighted by Gasteiger charge is -2.09. The second-order valence-electron chi connectivity index (χ2n) is 6.49. The number of para-hydroxylation sites is 1. The molecular weight excluding hydrogens is 320 g/mol. The minimum Gasteiger partial charge on any atom is -0.238 e. The van der Waals surface area contributed by atoms with Gasteiger partial charge in [0.15, 0.2) is 24.6 Å². The number of pyridine rings is 1. The lowest BCUT2D eigenvalue weighted by atomic mass is 10.1. The average molecular weight is 340 g/mol. The van der Waals surface area contributed by atoms with E-state index in [1.54, 1.807) is 0 Å². The molecule has 0 aliphatic carbocycles. The Kier molecular flexibility index (Phi) is 3.78. The number of nitrogens with zero attached hydrogens (tertiary/aromatic N) is 4. The monoisotopic (exact) mass is 340 g/mol. The van der Waals surface area contributed by atoms with Crippen molar-refractivity contribution in [3.8, 4) is 11.4 Å². The first-order valence-electron chi connectivity index (χ1n) is 8.56. The van der Waals surface area contributed by atoms with Gasteiger partial charge in [0, 0.05) is 36.8 Å². The molecule has 0 aliphatic rings. The Hall–Kier alpha value is -3.45. The summed E-state index contributed by atoms with van der Waals surface area (Å²) in [6.45, 7) is 11.7. The Balaban J connectivity index is 2.03. The summed E-state index contributed by atoms with van der Waals surface area (Å²) in [6.07, 6.45) is 4.17. The van der Waals surface area contributed by atoms with Crippen molar-refractivity contribution < 1.29 is 9.25 Å². The maximum atomic E-state index is 7.55. The Morgan fingerprint density at radius 3 is 2.50 bits per heavy atom. The highest BCUT2D eigenvalue weighted by Gasteiger charge is 2.22. The molecule has 4 rings (SSSR count). The van der Waals surface area contributed by atoms with E-state index in [4.69, 9.17) is 6.57 Å². The molecule has 4 aromatic rings. The van der Waals surface area contributed by atoms with E-state index in [1.165, 1.54) is 5.39 Å². The summed E-state index contributed by atoms with van der Waals surface area (Å²) >= 11 is 0. The van der Waals surface area contributed by atoms with E-state index in [9.17, 15) is 0 Å². The number of aryl methyl sites for hydroxylation is 2. The molecule has 0 bridgehead atoms. The number of hydrogen-bond acceptors (Lipinski definition) is 0. The second-order valence-corrected chi connectivity index (χ2v) is 6.49. The molecule has 4 heteroatoms. The first-order valence-corrected chi connectivity index (χ1v) is 8.56. The van der Waals surface area contributed by atoms with Gasteiger partial charge < -0.3 is 0 Å². The van der Waals surface area contributed by atoms with Crippen LogP contribution in [0.5, 0.6) is 0 Å². The highest BCUT2D eigenvalue weighted by atomic mass is 15.4. The number of aromatic nitrogens is 3. The molecule has 2 aromatic heterocycles. The summed E-state index contributed by atoms with van der Waals surface area (Å²) in [4.78, 5) is 3.71. The van der Waals surface area contributed by atoms with Gasteiger partial charge in [0.1, 0.15) is 5.69 Å². The van der Waals surface area contributed by atoms with Crippen LogP contribution >= 0.6 is 0 Å². The number of fused-ring (bicyclic) bond motifs is 1. The van der Waals surface area contributed by atoms with Crippen molar-refractivity contribution >= 4 is 16.6 Å². The van der Waals surface area contributed by atoms with Crippen molar-refractivity contribution in [1.29, 1.82) is 0 Å². The molecule has 0 aliphatic heterocycles. The van der Waals surface area contributed by atoms with E-state index in [0.29, 0.717) is 5.69 Å². The summed E-state index contributed by atoms with van der Waals surface area (Å²) < 4.78 is 6.38. The largest absolute Gasteiger partial charge is 0.238 e. The fraction of sp³-hybridized carbons (Fsp3) is 0.136. The van der Waals surface area contributed by atoms with Crippen LogP contribution in [0.3, 0.4) is 0 Å². The zero-order chi connectivity index (χ0) is 18.3. The maximum Gasteiger partial charge on any atom is 0.238 e. The molecule has 2 aromatic carbocycles. The molecule has 0 spiro atoms. The molecule has 126 valence electrons. The molecular formula is C22H20N4+2. The predicted octanol–water partition coefficient (Wildman–Crippen LogP) is 3.90. The molecule has 0 fully saturated rings. The van der Waals surface area contributed by atoms with Gasteiger partial charge in [-0.15, -0.1) is 9.36 Å². The smallest absolute Gasteiger partial charge is 0.238 e. The maximum absolute atomic E-state index is 7.55. The Bertz CT molecular complexity index is 1180. The van der Waals surface area contributed by atoms with E-state index in [0.717, 1.165) is 28.1 Å². The predicted molar refractivity (Wildman–Crippen MR) is 102 cm³/mol. The molecule has 2 heterocycles. The molecule has 0 N–H and O–H groups in total. The highest BCUT2D eigenvalue weighted by molar-refractivity contribution is 5.75. The quantitative estimate of drug-likeness (QED) is 0.389. The van der Waals surface area contributed by atoms with Crippen molar-refractivity contribution in [2.45, 2.75) is 13.8 Å². The van der Waals surface area contributed by atoms with Crippen LogP contribution < -0.4 is 9.25 Å². The van der Waals surface area contributed by atoms with Gasteiger partial charge in [-0.25, -0.2) is 4.85 Å². The average Bonchev–Trinajstić information content (AvgIpc) is 2.99. The van der Waals surface area contributed by atoms with E-state index in [2.05, 4.69) is 57.0 Å². The molecule has 0 atom stereocenters. The van der Waals surface area contributed by atoms with Crippen molar-refractivity contribution in [3.63, 3.8) is 0 Å². The van der Waals surface area contributed by atoms with Crippen LogP contribution in [0.25, 0.3) is 27.1 Å². The highest BCUT2D eigenvalue weighted by Crippen LogP contribution is 2.26. The standard InChI is InChI=1S/C22H20N4/c1-16-9-7-8-12-25(16)21-13-19(23-3)14-22(17(21)2)26-15-18-10-5-6-11-20(18)24(26)4/h5-15H,1-2,4H3/q+2. The van der Waals surface area contributed by atoms with Crippen molar-refractivity contribution in [3.05, 3.63) is 89.7 Å². The summed E-state index contributed by atoms with van der Waals surface area (Å²) in [5, 5.41) is 1.17. The molecule has 0 saturated heterocycles. The van der Waals surface area contributed by atoms with Gasteiger partial charge in [-0.05, 0) is 19.1 Å². The van der Waals surface area contributed by atoms with Crippen LogP contribution in [0, 0.1) is 20.4 Å². The third kappa shape index (κ3) is 2.46. The van der Waals surface area contributed by atoms with Gasteiger partial charge >= 0.3 is 0 Å². The van der Waals surface area contributed by atoms with Gasteiger partial charge in [-0.2, -0.15) is 4.57 Å². The van der Waals surface area contributed by atoms with Crippen LogP contribution in [0.4, 0.5) is 5.69 Å². The first-order chi connectivity index (χ1) is 12.6. The van der Waals surface area contributed by atoms with E-state index in [1.807, 2.05) is 49.6 Å². The SMILES string of the molecule is [C-]#[N+]c1cc(-n2cc3ccccc3[n+]2C)c(C)c(-[n+]2ccccc2C)c1. The van der Waals surface area contributed by atoms with E-state index >= 15 is 0 Å². The van der Waals surface area contributed by atoms with Gasteiger partial charge in [-0.1, -0.05) is 18.2 Å². The molecule has 4 nitrogen and oxygen atoms in total. The van der Waals surface area contributed by atoms with E-state index < -0.39 is 0 Å². The second kappa shape index (κ2) is 6.12. The fourth-order valence-electron chi connectivity index (χ4n) is 3.48. The Morgan fingerprint density at radius 1 is 1.00 bits per heavy atom. The topological polar surface area (TPSA) is 17.0 Å². The fourth-order valence-corrected chi connectivity index (χ4v) is 3.48. The van der Waals surface area contributed by atoms with Gasteiger partial charge in [0.05, 0.1) is 18.2 Å². The first kappa shape index (κ1) is 16.0. The van der Waals surface area contributed by atoms with Crippen LogP contribution in [0.1, 0.15) is 11.3 Å². The van der Waals surface area contributed by atoms with Gasteiger partial charge in [0.2, 0.25) is 11.2 Å². The summed E-state index contributed by atoms with van der Waals surface area (Å²) in [6, 6.07) is 18.3. The number of benzene rings is 2. The van der Waals surface area contributed by atoms with Crippen molar-refractivity contribution in [1.82, 2.24) is 4.68 Å². The number of hydrogen-bond donors (Lipinski definition) is 0. The van der Waals surface area contributed by atoms with Gasteiger partial charge in [-0.3, -0.25) is 0 Å². The molecule has 0 saturated carbocycles. The third-order valence-corrected chi connectivity index (χ3v) is 4.91. The Morgan fingerprint density at radius 2 is 1.77 bits per heavy atom. The molecule has 0 amide bonds. The minimum absolute atomic E-state index is 0.633. The van der Waals surface area contributed by atoms with Crippen LogP contribution in [-0.4, -0.2) is 4.68 Å². The van der Waals surface area contributed by atoms with Crippen LogP contribution in [-0.2, 0) is 7.05 Å². The zero-order valence-electron chi connectivity index (χ0n) is 15.1. The molecule has 0 unspecified atom stereocenters. The van der Waals surface area contributed by atoms with Crippen LogP contribution in [0.2, 0.25) is 0 Å². The van der Waals surface area contributed by atoms with Crippen LogP contribution in [0.15, 0.2) is 67.0 Å². The third-order valence-electron chi connectivity index (χ3n) is 4.91. The lowest BCUT2D eigenvalue weighted by Crippen LogP contribution is -2.39. The molecule has 0 radical (unpaired) electrons. The Labute approximate surface area is 153 Å². The minimum atomic E-state index is 0.633. The lowest BCUT2D eigenvalue weighted by molar-refractivity contribution is -0.720. The zero-order valence-corrected chi connectivity index (χ0v) is 15.1. The number of rotatable bonds is 2. The van der Waals surface area contributed by atoms with E-state index in [-0.39, 0.29) is 0 Å². The summed E-state index contributed by atoms with van der Waals surface area (Å²) in [5.74, 6) is 0. The van der Waals surface area contributed by atoms with Crippen molar-refractivity contribution in [2.24, 2.45) is 7.05 Å². The summed E-state index contributed by atoms with van der Waals surface area (Å²) in [5.41, 5.74) is 6.10. The van der Waals surface area contributed by atoms with Gasteiger partial charge in [0.25, 0.3) is 0 Å².